The minimum Gasteiger partial charge on any atom is -0.381 e. The third-order valence-electron chi connectivity index (χ3n) is 2.34. The number of nitrogen functional groups attached to an aromatic ring is 1. The van der Waals surface area contributed by atoms with Gasteiger partial charge in [-0.05, 0) is 34.1 Å². The standard InChI is InChI=1S/C10H10BrClN4O2S/c1-16-5-14-9(13)10(16)19(17,18)15-6-2-3-8(12)7(11)4-6/h2-5,15H,13H2,1H3. The quantitative estimate of drug-likeness (QED) is 0.872. The highest BCUT2D eigenvalue weighted by Crippen LogP contribution is 2.27. The number of halogens is 2. The van der Waals surface area contributed by atoms with Gasteiger partial charge >= 0.3 is 0 Å². The van der Waals surface area contributed by atoms with E-state index in [1.807, 2.05) is 0 Å². The second kappa shape index (κ2) is 5.03. The number of aryl methyl sites for hydroxylation is 1. The molecule has 1 heterocycles. The Balaban J connectivity index is 2.39. The molecular weight excluding hydrogens is 356 g/mol. The Bertz CT molecular complexity index is 710. The Morgan fingerprint density at radius 3 is 2.68 bits per heavy atom. The van der Waals surface area contributed by atoms with Crippen molar-refractivity contribution in [1.82, 2.24) is 9.55 Å². The minimum absolute atomic E-state index is 0.0528. The van der Waals surface area contributed by atoms with Crippen LogP contribution in [0.2, 0.25) is 5.02 Å². The van der Waals surface area contributed by atoms with E-state index in [1.54, 1.807) is 25.2 Å². The van der Waals surface area contributed by atoms with Gasteiger partial charge in [0.15, 0.2) is 10.8 Å². The zero-order chi connectivity index (χ0) is 14.2. The summed E-state index contributed by atoms with van der Waals surface area (Å²) in [5, 5.41) is 0.404. The van der Waals surface area contributed by atoms with Crippen LogP contribution in [0.1, 0.15) is 0 Å². The van der Waals surface area contributed by atoms with Gasteiger partial charge < -0.3 is 10.3 Å². The summed E-state index contributed by atoms with van der Waals surface area (Å²) in [7, 11) is -2.25. The van der Waals surface area contributed by atoms with Crippen molar-refractivity contribution in [2.24, 2.45) is 7.05 Å². The van der Waals surface area contributed by atoms with E-state index < -0.39 is 10.0 Å². The molecule has 0 amide bonds. The molecule has 0 aliphatic rings. The first kappa shape index (κ1) is 14.2. The number of imidazole rings is 1. The number of hydrogen-bond acceptors (Lipinski definition) is 4. The van der Waals surface area contributed by atoms with Gasteiger partial charge in [-0.3, -0.25) is 4.72 Å². The highest BCUT2D eigenvalue weighted by atomic mass is 79.9. The maximum atomic E-state index is 12.2. The molecule has 0 aliphatic carbocycles. The van der Waals surface area contributed by atoms with Gasteiger partial charge in [-0.2, -0.15) is 8.42 Å². The van der Waals surface area contributed by atoms with E-state index in [9.17, 15) is 8.42 Å². The largest absolute Gasteiger partial charge is 0.381 e. The number of nitrogens with zero attached hydrogens (tertiary/aromatic N) is 2. The van der Waals surface area contributed by atoms with E-state index in [0.29, 0.717) is 15.2 Å². The molecule has 0 radical (unpaired) electrons. The maximum absolute atomic E-state index is 12.2. The molecule has 0 unspecified atom stereocenters. The van der Waals surface area contributed by atoms with Crippen LogP contribution in [0.5, 0.6) is 0 Å². The third-order valence-corrected chi connectivity index (χ3v) is 5.06. The molecule has 0 aliphatic heterocycles. The van der Waals surface area contributed by atoms with Gasteiger partial charge in [-0.15, -0.1) is 0 Å². The van der Waals surface area contributed by atoms with Gasteiger partial charge in [0.1, 0.15) is 0 Å². The number of sulfonamides is 1. The third kappa shape index (κ3) is 2.85. The predicted molar refractivity (Wildman–Crippen MR) is 77.6 cm³/mol. The fourth-order valence-corrected chi connectivity index (χ4v) is 3.31. The highest BCUT2D eigenvalue weighted by molar-refractivity contribution is 9.10. The van der Waals surface area contributed by atoms with E-state index in [0.717, 1.165) is 0 Å². The first-order valence-corrected chi connectivity index (χ1v) is 7.71. The first-order chi connectivity index (χ1) is 8.81. The minimum atomic E-state index is -3.80. The lowest BCUT2D eigenvalue weighted by molar-refractivity contribution is 0.592. The average Bonchev–Trinajstić information content (AvgIpc) is 2.64. The van der Waals surface area contributed by atoms with E-state index >= 15 is 0 Å². The summed E-state index contributed by atoms with van der Waals surface area (Å²) in [6, 6.07) is 4.69. The predicted octanol–water partition coefficient (Wildman–Crippen LogP) is 2.22. The van der Waals surface area contributed by atoms with Crippen LogP contribution in [-0.2, 0) is 17.1 Å². The van der Waals surface area contributed by atoms with Gasteiger partial charge in [0.25, 0.3) is 10.0 Å². The number of aromatic nitrogens is 2. The molecule has 9 heteroatoms. The molecule has 6 nitrogen and oxygen atoms in total. The van der Waals surface area contributed by atoms with E-state index in [1.165, 1.54) is 10.9 Å². The topological polar surface area (TPSA) is 90.0 Å². The van der Waals surface area contributed by atoms with Crippen LogP contribution in [0.3, 0.4) is 0 Å². The summed E-state index contributed by atoms with van der Waals surface area (Å²) < 4.78 is 28.7. The molecule has 0 saturated carbocycles. The number of nitrogens with one attached hydrogen (secondary N) is 1. The second-order valence-corrected chi connectivity index (χ2v) is 6.64. The number of benzene rings is 1. The molecular formula is C10H10BrClN4O2S. The lowest BCUT2D eigenvalue weighted by Gasteiger charge is -2.09. The fourth-order valence-electron chi connectivity index (χ4n) is 1.53. The van der Waals surface area contributed by atoms with Crippen LogP contribution >= 0.6 is 27.5 Å². The van der Waals surface area contributed by atoms with Crippen LogP contribution in [0.15, 0.2) is 34.0 Å². The van der Waals surface area contributed by atoms with E-state index in [4.69, 9.17) is 17.3 Å². The normalized spacial score (nSPS) is 11.5. The van der Waals surface area contributed by atoms with E-state index in [-0.39, 0.29) is 10.8 Å². The average molecular weight is 366 g/mol. The monoisotopic (exact) mass is 364 g/mol. The van der Waals surface area contributed by atoms with E-state index in [2.05, 4.69) is 25.6 Å². The molecule has 1 aromatic carbocycles. The number of anilines is 2. The van der Waals surface area contributed by atoms with Crippen molar-refractivity contribution in [1.29, 1.82) is 0 Å². The molecule has 2 aromatic rings. The van der Waals surface area contributed by atoms with Crippen LogP contribution < -0.4 is 10.5 Å². The van der Waals surface area contributed by atoms with Crippen LogP contribution in [0, 0.1) is 0 Å². The fraction of sp³-hybridized carbons (Fsp3) is 0.100. The smallest absolute Gasteiger partial charge is 0.281 e. The van der Waals surface area contributed by atoms with Crippen molar-refractivity contribution in [3.8, 4) is 0 Å². The molecule has 0 saturated heterocycles. The lowest BCUT2D eigenvalue weighted by atomic mass is 10.3. The van der Waals surface area contributed by atoms with Crippen molar-refractivity contribution in [2.75, 3.05) is 10.5 Å². The second-order valence-electron chi connectivity index (χ2n) is 3.78. The summed E-state index contributed by atoms with van der Waals surface area (Å²) >= 11 is 9.07. The first-order valence-electron chi connectivity index (χ1n) is 5.06. The lowest BCUT2D eigenvalue weighted by Crippen LogP contribution is -2.17. The highest BCUT2D eigenvalue weighted by Gasteiger charge is 2.22. The van der Waals surface area contributed by atoms with Crippen molar-refractivity contribution in [3.63, 3.8) is 0 Å². The molecule has 0 bridgehead atoms. The van der Waals surface area contributed by atoms with Gasteiger partial charge in [0, 0.05) is 11.5 Å². The Hall–Kier alpha value is -1.25. The molecule has 19 heavy (non-hydrogen) atoms. The van der Waals surface area contributed by atoms with Gasteiger partial charge in [-0.25, -0.2) is 4.98 Å². The Labute approximate surface area is 123 Å². The SMILES string of the molecule is Cn1cnc(N)c1S(=O)(=O)Nc1ccc(Cl)c(Br)c1. The summed E-state index contributed by atoms with van der Waals surface area (Å²) in [6.07, 6.45) is 1.33. The maximum Gasteiger partial charge on any atom is 0.281 e. The van der Waals surface area contributed by atoms with Crippen molar-refractivity contribution < 1.29 is 8.42 Å². The zero-order valence-corrected chi connectivity index (χ0v) is 12.9. The molecule has 102 valence electrons. The summed E-state index contributed by atoms with van der Waals surface area (Å²) in [4.78, 5) is 3.75. The number of rotatable bonds is 3. The molecule has 0 atom stereocenters. The van der Waals surface area contributed by atoms with Crippen LogP contribution in [-0.4, -0.2) is 18.0 Å². The molecule has 1 aromatic heterocycles. The summed E-state index contributed by atoms with van der Waals surface area (Å²) in [5.74, 6) is -0.0528. The number of hydrogen-bond donors (Lipinski definition) is 2. The summed E-state index contributed by atoms with van der Waals surface area (Å²) in [5.41, 5.74) is 5.93. The Kier molecular flexibility index (Phi) is 3.75. The number of nitrogens with two attached hydrogens (primary N) is 1. The molecule has 2 rings (SSSR count). The Morgan fingerprint density at radius 2 is 2.16 bits per heavy atom. The van der Waals surface area contributed by atoms with Crippen LogP contribution in [0.25, 0.3) is 0 Å². The summed E-state index contributed by atoms with van der Waals surface area (Å²) in [6.45, 7) is 0. The van der Waals surface area contributed by atoms with Gasteiger partial charge in [0.05, 0.1) is 17.0 Å². The van der Waals surface area contributed by atoms with Crippen molar-refractivity contribution in [3.05, 3.63) is 34.0 Å². The Morgan fingerprint density at radius 1 is 1.47 bits per heavy atom. The van der Waals surface area contributed by atoms with Crippen LogP contribution in [0.4, 0.5) is 11.5 Å². The van der Waals surface area contributed by atoms with Crippen molar-refractivity contribution >= 4 is 49.1 Å². The van der Waals surface area contributed by atoms with Crippen molar-refractivity contribution in [2.45, 2.75) is 5.03 Å². The zero-order valence-electron chi connectivity index (χ0n) is 9.76. The molecule has 0 spiro atoms. The molecule has 0 fully saturated rings. The van der Waals surface area contributed by atoms with Gasteiger partial charge in [0.2, 0.25) is 0 Å². The van der Waals surface area contributed by atoms with Gasteiger partial charge in [-0.1, -0.05) is 11.6 Å². The molecule has 3 N–H and O–H groups in total.